The van der Waals surface area contributed by atoms with Crippen LogP contribution in [0.2, 0.25) is 0 Å². The normalized spacial score (nSPS) is 13.3. The Morgan fingerprint density at radius 3 is 0.812 bits per heavy atom. The number of rotatable bonds is 82. The summed E-state index contributed by atoms with van der Waals surface area (Å²) in [5, 5.41) is 0. The largest absolute Gasteiger partial charge is 0.472 e. The molecule has 0 aliphatic carbocycles. The van der Waals surface area contributed by atoms with E-state index in [1.807, 2.05) is 0 Å². The molecule has 2 atom stereocenters. The average Bonchev–Trinajstić information content (AvgIpc) is 1.04. The zero-order valence-electron chi connectivity index (χ0n) is 66.4. The van der Waals surface area contributed by atoms with E-state index in [-0.39, 0.29) is 38.6 Å². The molecule has 0 aromatic rings. The minimum absolute atomic E-state index is 0.0517. The van der Waals surface area contributed by atoms with E-state index in [4.69, 9.17) is 24.3 Å². The quantitative estimate of drug-likeness (QED) is 0.0264. The summed E-state index contributed by atoms with van der Waals surface area (Å²) >= 11 is 0. The molecule has 3 N–H and O–H groups in total. The Hall–Kier alpha value is -3.33. The standard InChI is InChI=1S/C91H164NO8P/c1-3-5-7-9-11-13-15-17-19-21-23-25-27-29-31-33-35-37-39-41-43-44-46-48-50-52-54-56-58-60-62-64-66-68-70-72-74-76-78-80-82-84-91(94)100-89(88-99-101(95,96)98-86-85-92)87-97-90(93)83-81-79-77-75-73-71-69-67-65-63-61-59-57-55-53-51-49-47-45-42-40-38-36-34-32-30-28-26-24-22-20-18-16-14-12-10-8-6-4-2/h5,7,11,13,17,19,23,25,29,31,35,37,41,43,46,48,52,54,89H,3-4,6,8-10,12,14-16,18,20-22,24,26-28,30,32-34,36,38-40,42,44-45,47,49-51,53,55-88,92H2,1-2H3,(H,95,96)/b7-5-,13-11-,19-17-,25-23-,31-29-,37-35-,43-41-,48-46-,54-52-. The van der Waals surface area contributed by atoms with Crippen LogP contribution in [0, 0.1) is 0 Å². The van der Waals surface area contributed by atoms with Crippen LogP contribution in [0.5, 0.6) is 0 Å². The summed E-state index contributed by atoms with van der Waals surface area (Å²) in [6.45, 7) is 3.69. The molecule has 0 bridgehead atoms. The molecule has 0 heterocycles. The van der Waals surface area contributed by atoms with Crippen molar-refractivity contribution in [1.82, 2.24) is 0 Å². The van der Waals surface area contributed by atoms with Gasteiger partial charge in [-0.2, -0.15) is 0 Å². The molecule has 0 aromatic heterocycles. The molecule has 2 unspecified atom stereocenters. The zero-order chi connectivity index (χ0) is 72.9. The van der Waals surface area contributed by atoms with Crippen LogP contribution in [0.1, 0.15) is 425 Å². The Labute approximate surface area is 626 Å². The zero-order valence-corrected chi connectivity index (χ0v) is 67.3. The summed E-state index contributed by atoms with van der Waals surface area (Å²) in [5.74, 6) is -0.813. The first kappa shape index (κ1) is 97.7. The molecular weight excluding hydrogens is 1270 g/mol. The first-order valence-corrected chi connectivity index (χ1v) is 44.9. The van der Waals surface area contributed by atoms with Gasteiger partial charge in [-0.15, -0.1) is 0 Å². The summed E-state index contributed by atoms with van der Waals surface area (Å²) < 4.78 is 33.3. The van der Waals surface area contributed by atoms with Crippen LogP contribution in [0.3, 0.4) is 0 Å². The van der Waals surface area contributed by atoms with Gasteiger partial charge in [0.1, 0.15) is 6.61 Å². The number of carbonyl (C=O) groups is 2. The fourth-order valence-electron chi connectivity index (χ4n) is 12.8. The maximum Gasteiger partial charge on any atom is 0.472 e. The fourth-order valence-corrected chi connectivity index (χ4v) is 13.6. The molecule has 101 heavy (non-hydrogen) atoms. The molecule has 0 aliphatic heterocycles. The van der Waals surface area contributed by atoms with Crippen LogP contribution >= 0.6 is 7.82 Å². The number of phosphoric acid groups is 1. The molecule has 0 aromatic carbocycles. The third kappa shape index (κ3) is 85.5. The smallest absolute Gasteiger partial charge is 0.462 e. The molecule has 9 nitrogen and oxygen atoms in total. The lowest BCUT2D eigenvalue weighted by Gasteiger charge is -2.19. The van der Waals surface area contributed by atoms with E-state index in [0.29, 0.717) is 6.42 Å². The van der Waals surface area contributed by atoms with E-state index in [2.05, 4.69) is 123 Å². The Kier molecular flexibility index (Phi) is 82.8. The highest BCUT2D eigenvalue weighted by atomic mass is 31.2. The molecule has 0 radical (unpaired) electrons. The third-order valence-electron chi connectivity index (χ3n) is 19.2. The highest BCUT2D eigenvalue weighted by molar-refractivity contribution is 7.47. The Morgan fingerprint density at radius 2 is 0.545 bits per heavy atom. The Morgan fingerprint density at radius 1 is 0.307 bits per heavy atom. The minimum Gasteiger partial charge on any atom is -0.462 e. The first-order valence-electron chi connectivity index (χ1n) is 43.4. The molecule has 0 saturated heterocycles. The van der Waals surface area contributed by atoms with Crippen molar-refractivity contribution < 1.29 is 37.6 Å². The summed E-state index contributed by atoms with van der Waals surface area (Å²) in [6, 6.07) is 0. The number of hydrogen-bond donors (Lipinski definition) is 2. The van der Waals surface area contributed by atoms with E-state index in [1.54, 1.807) is 0 Å². The minimum atomic E-state index is -4.40. The van der Waals surface area contributed by atoms with Gasteiger partial charge in [0, 0.05) is 19.4 Å². The van der Waals surface area contributed by atoms with E-state index in [9.17, 15) is 19.0 Å². The van der Waals surface area contributed by atoms with Crippen LogP contribution in [-0.2, 0) is 32.7 Å². The van der Waals surface area contributed by atoms with Gasteiger partial charge in [-0.25, -0.2) is 4.57 Å². The van der Waals surface area contributed by atoms with Crippen LogP contribution in [0.25, 0.3) is 0 Å². The van der Waals surface area contributed by atoms with Crippen molar-refractivity contribution >= 4 is 19.8 Å². The molecule has 10 heteroatoms. The van der Waals surface area contributed by atoms with Gasteiger partial charge in [0.2, 0.25) is 0 Å². The number of nitrogens with two attached hydrogens (primary N) is 1. The van der Waals surface area contributed by atoms with Gasteiger partial charge in [0.25, 0.3) is 0 Å². The van der Waals surface area contributed by atoms with Crippen LogP contribution < -0.4 is 5.73 Å². The van der Waals surface area contributed by atoms with Gasteiger partial charge in [0.05, 0.1) is 13.2 Å². The molecule has 0 aliphatic rings. The van der Waals surface area contributed by atoms with Crippen LogP contribution in [0.15, 0.2) is 109 Å². The number of hydrogen-bond acceptors (Lipinski definition) is 8. The first-order chi connectivity index (χ1) is 49.8. The van der Waals surface area contributed by atoms with Crippen LogP contribution in [-0.4, -0.2) is 49.3 Å². The molecule has 0 amide bonds. The van der Waals surface area contributed by atoms with Gasteiger partial charge < -0.3 is 20.1 Å². The van der Waals surface area contributed by atoms with Crippen molar-refractivity contribution in [2.45, 2.75) is 431 Å². The highest BCUT2D eigenvalue weighted by Crippen LogP contribution is 2.43. The van der Waals surface area contributed by atoms with Gasteiger partial charge in [-0.05, 0) is 83.5 Å². The molecule has 0 rings (SSSR count). The molecule has 586 valence electrons. The predicted molar refractivity (Wildman–Crippen MR) is 441 cm³/mol. The topological polar surface area (TPSA) is 134 Å². The van der Waals surface area contributed by atoms with Crippen molar-refractivity contribution in [3.63, 3.8) is 0 Å². The average molecular weight is 1430 g/mol. The number of carbonyl (C=O) groups excluding carboxylic acids is 2. The molecular formula is C91H164NO8P. The van der Waals surface area contributed by atoms with Crippen LogP contribution in [0.4, 0.5) is 0 Å². The third-order valence-corrected chi connectivity index (χ3v) is 20.2. The lowest BCUT2D eigenvalue weighted by molar-refractivity contribution is -0.161. The van der Waals surface area contributed by atoms with Crippen molar-refractivity contribution in [3.8, 4) is 0 Å². The van der Waals surface area contributed by atoms with Crippen molar-refractivity contribution in [3.05, 3.63) is 109 Å². The van der Waals surface area contributed by atoms with E-state index < -0.39 is 26.5 Å². The number of unbranched alkanes of at least 4 members (excludes halogenated alkanes) is 51. The Bertz CT molecular complexity index is 2040. The number of ether oxygens (including phenoxy) is 2. The summed E-state index contributed by atoms with van der Waals surface area (Å²) in [5.41, 5.74) is 5.42. The molecule has 0 spiro atoms. The van der Waals surface area contributed by atoms with E-state index in [0.717, 1.165) is 96.3 Å². The second kappa shape index (κ2) is 85.6. The second-order valence-electron chi connectivity index (χ2n) is 29.0. The second-order valence-corrected chi connectivity index (χ2v) is 30.5. The summed E-state index contributed by atoms with van der Waals surface area (Å²) in [4.78, 5) is 35.5. The van der Waals surface area contributed by atoms with Gasteiger partial charge in [0.15, 0.2) is 6.10 Å². The van der Waals surface area contributed by atoms with Crippen molar-refractivity contribution in [2.24, 2.45) is 5.73 Å². The van der Waals surface area contributed by atoms with Crippen molar-refractivity contribution in [2.75, 3.05) is 26.4 Å². The number of phosphoric ester groups is 1. The van der Waals surface area contributed by atoms with Gasteiger partial charge >= 0.3 is 19.8 Å². The van der Waals surface area contributed by atoms with Gasteiger partial charge in [-0.3, -0.25) is 18.6 Å². The number of allylic oxidation sites excluding steroid dienone is 18. The predicted octanol–water partition coefficient (Wildman–Crippen LogP) is 29.5. The fraction of sp³-hybridized carbons (Fsp3) is 0.780. The summed E-state index contributed by atoms with van der Waals surface area (Å²) in [6.07, 6.45) is 120. The lowest BCUT2D eigenvalue weighted by atomic mass is 10.0. The van der Waals surface area contributed by atoms with Crippen molar-refractivity contribution in [1.29, 1.82) is 0 Å². The Balaban J connectivity index is 3.78. The molecule has 0 saturated carbocycles. The lowest BCUT2D eigenvalue weighted by Crippen LogP contribution is -2.29. The number of esters is 2. The summed E-state index contributed by atoms with van der Waals surface area (Å²) in [7, 11) is -4.40. The highest BCUT2D eigenvalue weighted by Gasteiger charge is 2.26. The SMILES string of the molecule is CC/C=C\C/C=C\C/C=C\C/C=C\C/C=C\C/C=C\C/C=C\C/C=C\C/C=C\CCCCCCCCCCCCCCCC(=O)OC(COC(=O)CCCCCCCCCCCCCCCCCCCCCCCCCCCCCCCCCCCCCCCCC)COP(=O)(O)OCCN. The van der Waals surface area contributed by atoms with E-state index in [1.165, 1.54) is 295 Å². The maximum absolute atomic E-state index is 12.8. The molecule has 0 fully saturated rings. The maximum atomic E-state index is 12.8. The van der Waals surface area contributed by atoms with Gasteiger partial charge in [-0.1, -0.05) is 438 Å². The van der Waals surface area contributed by atoms with E-state index >= 15 is 0 Å². The monoisotopic (exact) mass is 1430 g/mol.